The van der Waals surface area contributed by atoms with Gasteiger partial charge in [-0.15, -0.1) is 0 Å². The molecule has 0 aromatic heterocycles. The minimum Gasteiger partial charge on any atom is -0.270 e. The summed E-state index contributed by atoms with van der Waals surface area (Å²) in [5, 5.41) is 0. The molecule has 0 aliphatic rings. The third-order valence-electron chi connectivity index (χ3n) is 0.443. The van der Waals surface area contributed by atoms with E-state index < -0.39 is 12.1 Å². The molecule has 0 unspecified atom stereocenters. The highest BCUT2D eigenvalue weighted by molar-refractivity contribution is 5.81. The fourth-order valence-corrected chi connectivity index (χ4v) is 0.136. The van der Waals surface area contributed by atoms with Crippen LogP contribution in [0.15, 0.2) is 0 Å². The maximum absolute atomic E-state index is 11.1. The number of alkyl halides is 3. The number of carbonyl (C=O) groups excluding carboxylic acids is 1. The van der Waals surface area contributed by atoms with Gasteiger partial charge in [0.1, 0.15) is 0 Å². The maximum atomic E-state index is 11.1. The molecule has 7 heteroatoms. The third kappa shape index (κ3) is 2.88. The molecule has 9 heavy (non-hydrogen) atoms. The van der Waals surface area contributed by atoms with Crippen molar-refractivity contribution < 1.29 is 18.0 Å². The van der Waals surface area contributed by atoms with Crippen molar-refractivity contribution in [1.29, 1.82) is 0 Å². The van der Waals surface area contributed by atoms with Gasteiger partial charge in [-0.1, -0.05) is 0 Å². The average molecular weight is 143 g/mol. The van der Waals surface area contributed by atoms with Crippen LogP contribution in [0.25, 0.3) is 0 Å². The molecular formula is C2H4F3N3O. The van der Waals surface area contributed by atoms with E-state index in [0.717, 1.165) is 5.43 Å². The SMILES string of the molecule is NNNC(=O)C(F)(F)F. The Bertz CT molecular complexity index is 110. The highest BCUT2D eigenvalue weighted by atomic mass is 19.4. The molecule has 4 N–H and O–H groups in total. The number of nitrogens with two attached hydrogens (primary N) is 1. The Labute approximate surface area is 48.1 Å². The molecule has 0 aromatic rings. The van der Waals surface area contributed by atoms with Crippen molar-refractivity contribution in [2.24, 2.45) is 5.84 Å². The van der Waals surface area contributed by atoms with E-state index in [4.69, 9.17) is 0 Å². The second-order valence-corrected chi connectivity index (χ2v) is 1.10. The standard InChI is InChI=1S/C2H4F3N3O/c3-2(4,5)1(9)7-8-6/h8H,6H2,(H,7,9). The summed E-state index contributed by atoms with van der Waals surface area (Å²) in [5.41, 5.74) is 2.50. The van der Waals surface area contributed by atoms with Gasteiger partial charge in [-0.3, -0.25) is 16.1 Å². The van der Waals surface area contributed by atoms with E-state index in [1.807, 2.05) is 0 Å². The number of amides is 1. The average Bonchev–Trinajstić information content (AvgIpc) is 1.64. The first-order valence-electron chi connectivity index (χ1n) is 1.81. The summed E-state index contributed by atoms with van der Waals surface area (Å²) in [4.78, 5) is 9.69. The Kier molecular flexibility index (Phi) is 2.41. The topological polar surface area (TPSA) is 67.2 Å². The predicted octanol–water partition coefficient (Wildman–Crippen LogP) is -0.957. The van der Waals surface area contributed by atoms with Gasteiger partial charge in [0, 0.05) is 0 Å². The zero-order valence-corrected chi connectivity index (χ0v) is 4.12. The van der Waals surface area contributed by atoms with E-state index in [0.29, 0.717) is 0 Å². The Morgan fingerprint density at radius 2 is 1.89 bits per heavy atom. The number of hydrogen-bond donors (Lipinski definition) is 3. The molecule has 54 valence electrons. The van der Waals surface area contributed by atoms with Crippen LogP contribution in [0, 0.1) is 0 Å². The molecule has 0 saturated carbocycles. The molecule has 0 aliphatic carbocycles. The van der Waals surface area contributed by atoms with Crippen LogP contribution in [-0.4, -0.2) is 12.1 Å². The van der Waals surface area contributed by atoms with Crippen LogP contribution in [0.5, 0.6) is 0 Å². The van der Waals surface area contributed by atoms with Gasteiger partial charge in [0.25, 0.3) is 0 Å². The molecule has 0 heterocycles. The van der Waals surface area contributed by atoms with E-state index in [1.165, 1.54) is 5.53 Å². The molecule has 0 bridgehead atoms. The van der Waals surface area contributed by atoms with Crippen molar-refractivity contribution >= 4 is 5.91 Å². The van der Waals surface area contributed by atoms with Gasteiger partial charge >= 0.3 is 12.1 Å². The summed E-state index contributed by atoms with van der Waals surface area (Å²) >= 11 is 0. The van der Waals surface area contributed by atoms with Gasteiger partial charge in [0.15, 0.2) is 0 Å². The van der Waals surface area contributed by atoms with Crippen molar-refractivity contribution in [3.05, 3.63) is 0 Å². The molecule has 0 aromatic carbocycles. The first kappa shape index (κ1) is 8.18. The molecule has 0 radical (unpaired) electrons. The van der Waals surface area contributed by atoms with Crippen molar-refractivity contribution in [3.63, 3.8) is 0 Å². The number of halogens is 3. The van der Waals surface area contributed by atoms with Crippen molar-refractivity contribution in [2.45, 2.75) is 6.18 Å². The summed E-state index contributed by atoms with van der Waals surface area (Å²) in [6.07, 6.45) is -4.88. The lowest BCUT2D eigenvalue weighted by atomic mass is 10.6. The second-order valence-electron chi connectivity index (χ2n) is 1.10. The van der Waals surface area contributed by atoms with E-state index >= 15 is 0 Å². The predicted molar refractivity (Wildman–Crippen MR) is 21.5 cm³/mol. The summed E-state index contributed by atoms with van der Waals surface area (Å²) in [5.74, 6) is 2.22. The van der Waals surface area contributed by atoms with Gasteiger partial charge in [-0.05, 0) is 0 Å². The summed E-state index contributed by atoms with van der Waals surface area (Å²) in [7, 11) is 0. The molecule has 0 saturated heterocycles. The fourth-order valence-electron chi connectivity index (χ4n) is 0.136. The van der Waals surface area contributed by atoms with Gasteiger partial charge in [-0.25, -0.2) is 0 Å². The lowest BCUT2D eigenvalue weighted by Crippen LogP contribution is -2.48. The highest BCUT2D eigenvalue weighted by Gasteiger charge is 2.38. The first-order chi connectivity index (χ1) is 3.98. The quantitative estimate of drug-likeness (QED) is 0.327. The Hall–Kier alpha value is -0.820. The minimum absolute atomic E-state index is 1.15. The fraction of sp³-hybridized carbons (Fsp3) is 0.500. The van der Waals surface area contributed by atoms with Gasteiger partial charge < -0.3 is 0 Å². The van der Waals surface area contributed by atoms with Gasteiger partial charge in [-0.2, -0.15) is 18.7 Å². The van der Waals surface area contributed by atoms with Crippen LogP contribution in [0.1, 0.15) is 0 Å². The molecule has 0 atom stereocenters. The summed E-state index contributed by atoms with van der Waals surface area (Å²) in [6.45, 7) is 0. The van der Waals surface area contributed by atoms with E-state index in [1.54, 1.807) is 0 Å². The number of hydrazine groups is 2. The van der Waals surface area contributed by atoms with Gasteiger partial charge in [0.05, 0.1) is 0 Å². The van der Waals surface area contributed by atoms with E-state index in [9.17, 15) is 18.0 Å². The van der Waals surface area contributed by atoms with Crippen LogP contribution in [0.2, 0.25) is 0 Å². The number of carbonyl (C=O) groups is 1. The molecule has 0 aliphatic heterocycles. The second kappa shape index (κ2) is 2.65. The van der Waals surface area contributed by atoms with Crippen molar-refractivity contribution in [3.8, 4) is 0 Å². The molecule has 1 amide bonds. The van der Waals surface area contributed by atoms with Gasteiger partial charge in [0.2, 0.25) is 0 Å². The molecule has 4 nitrogen and oxygen atoms in total. The lowest BCUT2D eigenvalue weighted by Gasteiger charge is -2.04. The largest absolute Gasteiger partial charge is 0.472 e. The van der Waals surface area contributed by atoms with Crippen LogP contribution in [0.4, 0.5) is 13.2 Å². The first-order valence-corrected chi connectivity index (χ1v) is 1.81. The molecule has 0 fully saturated rings. The Morgan fingerprint density at radius 1 is 1.44 bits per heavy atom. The van der Waals surface area contributed by atoms with Crippen LogP contribution < -0.4 is 16.8 Å². The summed E-state index contributed by atoms with van der Waals surface area (Å²) < 4.78 is 33.4. The van der Waals surface area contributed by atoms with Crippen LogP contribution >= 0.6 is 0 Å². The zero-order valence-electron chi connectivity index (χ0n) is 4.12. The number of nitrogens with one attached hydrogen (secondary N) is 2. The Morgan fingerprint density at radius 3 is 2.00 bits per heavy atom. The van der Waals surface area contributed by atoms with Crippen LogP contribution in [0.3, 0.4) is 0 Å². The minimum atomic E-state index is -4.88. The van der Waals surface area contributed by atoms with Crippen molar-refractivity contribution in [1.82, 2.24) is 11.0 Å². The monoisotopic (exact) mass is 143 g/mol. The van der Waals surface area contributed by atoms with E-state index in [-0.39, 0.29) is 0 Å². The molecule has 0 spiro atoms. The number of rotatable bonds is 1. The maximum Gasteiger partial charge on any atom is 0.472 e. The molecule has 0 rings (SSSR count). The lowest BCUT2D eigenvalue weighted by molar-refractivity contribution is -0.174. The van der Waals surface area contributed by atoms with E-state index in [2.05, 4.69) is 5.84 Å². The summed E-state index contributed by atoms with van der Waals surface area (Å²) in [6, 6.07) is 0. The van der Waals surface area contributed by atoms with Crippen molar-refractivity contribution in [2.75, 3.05) is 0 Å². The highest BCUT2D eigenvalue weighted by Crippen LogP contribution is 2.13. The number of hydrogen-bond acceptors (Lipinski definition) is 3. The zero-order chi connectivity index (χ0) is 7.49. The smallest absolute Gasteiger partial charge is 0.270 e. The third-order valence-corrected chi connectivity index (χ3v) is 0.443. The van der Waals surface area contributed by atoms with Crippen LogP contribution in [-0.2, 0) is 4.79 Å². The Balaban J connectivity index is 3.74. The molecular weight excluding hydrogens is 139 g/mol. The normalized spacial score (nSPS) is 11.1.